The Labute approximate surface area is 125 Å². The summed E-state index contributed by atoms with van der Waals surface area (Å²) in [6, 6.07) is -0.851. The predicted molar refractivity (Wildman–Crippen MR) is 53.6 cm³/mol. The van der Waals surface area contributed by atoms with Gasteiger partial charge in [-0.3, -0.25) is 9.59 Å². The van der Waals surface area contributed by atoms with E-state index in [1.54, 1.807) is 6.20 Å². The fourth-order valence-corrected chi connectivity index (χ4v) is 0.721. The smallest absolute Gasteiger partial charge is 0.542 e. The monoisotopic (exact) mass is 265 g/mol. The van der Waals surface area contributed by atoms with Gasteiger partial charge in [-0.15, -0.1) is 0 Å². The number of aromatic nitrogens is 2. The summed E-state index contributed by atoms with van der Waals surface area (Å²) in [4.78, 5) is 35.5. The summed E-state index contributed by atoms with van der Waals surface area (Å²) in [5.74, 6) is -3.57. The van der Waals surface area contributed by atoms with Gasteiger partial charge in [0.1, 0.15) is 12.0 Å². The van der Waals surface area contributed by atoms with E-state index in [1.807, 2.05) is 0 Å². The third-order valence-corrected chi connectivity index (χ3v) is 1.60. The van der Waals surface area contributed by atoms with Crippen molar-refractivity contribution in [3.05, 3.63) is 18.2 Å². The fourth-order valence-electron chi connectivity index (χ4n) is 0.721. The standard InChI is InChI=1S/C6H9N3O2.C3H4O3.Na/c7-5(6(10)11)1-4-2-8-3-9-4;1-2(4)3(5)6;/h2-3,5H,1,7H2,(H,8,9)(H,10,11);1H3,(H,5,6);/q;;+1/p-1. The van der Waals surface area contributed by atoms with Crippen LogP contribution in [0, 0.1) is 0 Å². The predicted octanol–water partition coefficient (Wildman–Crippen LogP) is -5.31. The number of imidazole rings is 1. The van der Waals surface area contributed by atoms with Crippen LogP contribution in [-0.2, 0) is 20.8 Å². The summed E-state index contributed by atoms with van der Waals surface area (Å²) in [5.41, 5.74) is 6.00. The molecule has 0 spiro atoms. The van der Waals surface area contributed by atoms with E-state index < -0.39 is 23.8 Å². The van der Waals surface area contributed by atoms with Gasteiger partial charge in [0.15, 0.2) is 5.78 Å². The first-order valence-electron chi connectivity index (χ1n) is 4.52. The number of carbonyl (C=O) groups is 3. The molecule has 1 aromatic rings. The van der Waals surface area contributed by atoms with Crippen LogP contribution in [0.2, 0.25) is 0 Å². The molecule has 1 rings (SSSR count). The molecule has 1 heterocycles. The van der Waals surface area contributed by atoms with Crippen LogP contribution in [0.5, 0.6) is 0 Å². The van der Waals surface area contributed by atoms with Crippen LogP contribution in [0.15, 0.2) is 12.5 Å². The quantitative estimate of drug-likeness (QED) is 0.363. The molecule has 1 unspecified atom stereocenters. The zero-order valence-electron chi connectivity index (χ0n) is 10.0. The first kappa shape index (κ1) is 19.1. The molecule has 9 heteroatoms. The van der Waals surface area contributed by atoms with Crippen LogP contribution >= 0.6 is 0 Å². The van der Waals surface area contributed by atoms with Gasteiger partial charge in [-0.2, -0.15) is 0 Å². The van der Waals surface area contributed by atoms with Crippen molar-refractivity contribution in [3.8, 4) is 0 Å². The zero-order chi connectivity index (χ0) is 13.4. The number of carboxylic acid groups (broad SMARTS) is 2. The van der Waals surface area contributed by atoms with Crippen LogP contribution in [0.4, 0.5) is 0 Å². The summed E-state index contributed by atoms with van der Waals surface area (Å²) in [6.45, 7) is 0.940. The molecule has 1 atom stereocenters. The SMILES string of the molecule is CC(=O)C(=O)[O-].NC(Cc1cnc[nH]1)C(=O)O.[Na+]. The zero-order valence-corrected chi connectivity index (χ0v) is 12.0. The van der Waals surface area contributed by atoms with E-state index in [4.69, 9.17) is 10.8 Å². The average Bonchev–Trinajstić information content (AvgIpc) is 2.71. The number of carbonyl (C=O) groups excluding carboxylic acids is 2. The number of nitrogens with one attached hydrogen (secondary N) is 1. The number of H-pyrrole nitrogens is 1. The Kier molecular flexibility index (Phi) is 10.4. The van der Waals surface area contributed by atoms with Crippen molar-refractivity contribution < 1.29 is 54.2 Å². The number of Topliss-reactive ketones (excluding diaryl/α,β-unsaturated/α-hetero) is 1. The second-order valence-corrected chi connectivity index (χ2v) is 3.07. The molecular formula is C9H12N3NaO5. The minimum absolute atomic E-state index is 0. The Hall–Kier alpha value is -1.22. The Morgan fingerprint density at radius 1 is 1.56 bits per heavy atom. The molecule has 4 N–H and O–H groups in total. The van der Waals surface area contributed by atoms with Crippen molar-refractivity contribution in [2.75, 3.05) is 0 Å². The number of hydrogen-bond donors (Lipinski definition) is 3. The van der Waals surface area contributed by atoms with Gasteiger partial charge < -0.3 is 25.7 Å². The van der Waals surface area contributed by atoms with Crippen LogP contribution in [0.25, 0.3) is 0 Å². The van der Waals surface area contributed by atoms with E-state index in [2.05, 4.69) is 9.97 Å². The van der Waals surface area contributed by atoms with Gasteiger partial charge in [-0.25, -0.2) is 4.98 Å². The van der Waals surface area contributed by atoms with Crippen LogP contribution < -0.4 is 40.4 Å². The molecule has 0 aliphatic carbocycles. The Morgan fingerprint density at radius 2 is 2.06 bits per heavy atom. The fraction of sp³-hybridized carbons (Fsp3) is 0.333. The molecule has 18 heavy (non-hydrogen) atoms. The number of rotatable bonds is 4. The van der Waals surface area contributed by atoms with Crippen molar-refractivity contribution in [1.29, 1.82) is 0 Å². The van der Waals surface area contributed by atoms with E-state index in [-0.39, 0.29) is 36.0 Å². The largest absolute Gasteiger partial charge is 1.00 e. The number of nitrogens with two attached hydrogens (primary N) is 1. The van der Waals surface area contributed by atoms with Crippen molar-refractivity contribution in [1.82, 2.24) is 9.97 Å². The number of carboxylic acids is 2. The van der Waals surface area contributed by atoms with Gasteiger partial charge in [0.25, 0.3) is 0 Å². The number of nitrogens with zero attached hydrogens (tertiary/aromatic N) is 1. The number of aromatic amines is 1. The molecule has 94 valence electrons. The number of hydrogen-bond acceptors (Lipinski definition) is 6. The molecule has 0 saturated carbocycles. The molecule has 0 saturated heterocycles. The average molecular weight is 265 g/mol. The second-order valence-electron chi connectivity index (χ2n) is 3.07. The molecule has 0 radical (unpaired) electrons. The van der Waals surface area contributed by atoms with Gasteiger partial charge in [0.05, 0.1) is 6.33 Å². The van der Waals surface area contributed by atoms with Crippen molar-refractivity contribution in [2.45, 2.75) is 19.4 Å². The summed E-state index contributed by atoms with van der Waals surface area (Å²) in [5, 5.41) is 17.7. The van der Waals surface area contributed by atoms with E-state index in [0.717, 1.165) is 12.6 Å². The van der Waals surface area contributed by atoms with E-state index in [1.165, 1.54) is 6.33 Å². The third-order valence-electron chi connectivity index (χ3n) is 1.60. The number of ketones is 1. The van der Waals surface area contributed by atoms with E-state index in [0.29, 0.717) is 0 Å². The minimum Gasteiger partial charge on any atom is -0.542 e. The first-order chi connectivity index (χ1) is 7.84. The van der Waals surface area contributed by atoms with Crippen molar-refractivity contribution in [3.63, 3.8) is 0 Å². The van der Waals surface area contributed by atoms with Gasteiger partial charge in [-0.1, -0.05) is 0 Å². The van der Waals surface area contributed by atoms with Crippen LogP contribution in [0.3, 0.4) is 0 Å². The summed E-state index contributed by atoms with van der Waals surface area (Å²) < 4.78 is 0. The molecule has 0 aliphatic rings. The van der Waals surface area contributed by atoms with Gasteiger partial charge >= 0.3 is 35.5 Å². The molecular weight excluding hydrogens is 253 g/mol. The molecule has 1 aromatic heterocycles. The van der Waals surface area contributed by atoms with Gasteiger partial charge in [0, 0.05) is 25.2 Å². The van der Waals surface area contributed by atoms with Crippen LogP contribution in [0.1, 0.15) is 12.6 Å². The van der Waals surface area contributed by atoms with Crippen molar-refractivity contribution in [2.24, 2.45) is 5.73 Å². The van der Waals surface area contributed by atoms with E-state index in [9.17, 15) is 19.5 Å². The summed E-state index contributed by atoms with van der Waals surface area (Å²) in [6.07, 6.45) is 3.34. The molecule has 0 aliphatic heterocycles. The Morgan fingerprint density at radius 3 is 2.33 bits per heavy atom. The summed E-state index contributed by atoms with van der Waals surface area (Å²) in [7, 11) is 0. The Balaban J connectivity index is 0. The molecule has 0 fully saturated rings. The minimum atomic E-state index is -1.63. The number of aliphatic carboxylic acids is 2. The maximum atomic E-state index is 10.3. The van der Waals surface area contributed by atoms with Gasteiger partial charge in [-0.05, 0) is 0 Å². The molecule has 0 aromatic carbocycles. The second kappa shape index (κ2) is 9.77. The maximum absolute atomic E-state index is 10.3. The first-order valence-corrected chi connectivity index (χ1v) is 4.52. The molecule has 8 nitrogen and oxygen atoms in total. The Bertz CT molecular complexity index is 381. The summed E-state index contributed by atoms with van der Waals surface area (Å²) >= 11 is 0. The van der Waals surface area contributed by atoms with Crippen molar-refractivity contribution >= 4 is 17.7 Å². The van der Waals surface area contributed by atoms with Gasteiger partial charge in [0.2, 0.25) is 0 Å². The maximum Gasteiger partial charge on any atom is 1.00 e. The molecule has 0 bridgehead atoms. The van der Waals surface area contributed by atoms with Crippen LogP contribution in [-0.4, -0.2) is 38.8 Å². The normalized spacial score (nSPS) is 10.3. The third kappa shape index (κ3) is 8.88. The molecule has 0 amide bonds. The van der Waals surface area contributed by atoms with E-state index >= 15 is 0 Å². The topological polar surface area (TPSA) is 149 Å².